The van der Waals surface area contributed by atoms with Crippen LogP contribution in [0.1, 0.15) is 27.8 Å². The van der Waals surface area contributed by atoms with Crippen molar-refractivity contribution in [2.75, 3.05) is 11.9 Å². The van der Waals surface area contributed by atoms with E-state index >= 15 is 0 Å². The summed E-state index contributed by atoms with van der Waals surface area (Å²) in [5, 5.41) is 16.5. The molecule has 0 fully saturated rings. The first kappa shape index (κ1) is 20.9. The van der Waals surface area contributed by atoms with Gasteiger partial charge in [-0.15, -0.1) is 0 Å². The Hall–Kier alpha value is -4.39. The minimum absolute atomic E-state index is 0.208. The van der Waals surface area contributed by atoms with Crippen molar-refractivity contribution >= 4 is 17.6 Å². The Bertz CT molecular complexity index is 1240. The molecule has 0 bridgehead atoms. The highest BCUT2D eigenvalue weighted by molar-refractivity contribution is 6.04. The first-order valence-corrected chi connectivity index (χ1v) is 10.1. The molecular weight excluding hydrogens is 406 g/mol. The number of ether oxygens (including phenoxy) is 1. The molecule has 0 radical (unpaired) electrons. The van der Waals surface area contributed by atoms with E-state index in [0.29, 0.717) is 16.9 Å². The van der Waals surface area contributed by atoms with Crippen LogP contribution in [-0.2, 0) is 4.74 Å². The number of esters is 1. The zero-order valence-electron chi connectivity index (χ0n) is 17.4. The fourth-order valence-corrected chi connectivity index (χ4v) is 3.18. The summed E-state index contributed by atoms with van der Waals surface area (Å²) in [5.41, 5.74) is 3.92. The fraction of sp³-hybridized carbons (Fsp3) is 0.0800. The van der Waals surface area contributed by atoms with E-state index < -0.39 is 5.97 Å². The number of phenols is 1. The quantitative estimate of drug-likeness (QED) is 0.436. The lowest BCUT2D eigenvalue weighted by atomic mass is 10.0. The molecule has 1 amide bonds. The topological polar surface area (TPSA) is 93.5 Å². The van der Waals surface area contributed by atoms with Crippen LogP contribution in [0.15, 0.2) is 85.1 Å². The highest BCUT2D eigenvalue weighted by Gasteiger charge is 2.12. The van der Waals surface area contributed by atoms with Gasteiger partial charge in [-0.1, -0.05) is 30.3 Å². The third-order valence-corrected chi connectivity index (χ3v) is 4.79. The fourth-order valence-electron chi connectivity index (χ4n) is 3.18. The molecular formula is C25H21N3O4. The Balaban J connectivity index is 1.47. The summed E-state index contributed by atoms with van der Waals surface area (Å²) in [4.78, 5) is 24.5. The second kappa shape index (κ2) is 9.18. The third-order valence-electron chi connectivity index (χ3n) is 4.79. The maximum Gasteiger partial charge on any atom is 0.358 e. The average molecular weight is 427 g/mol. The summed E-state index contributed by atoms with van der Waals surface area (Å²) in [6.45, 7) is 2.02. The van der Waals surface area contributed by atoms with Gasteiger partial charge >= 0.3 is 5.97 Å². The zero-order valence-corrected chi connectivity index (χ0v) is 17.4. The van der Waals surface area contributed by atoms with Crippen molar-refractivity contribution in [3.63, 3.8) is 0 Å². The van der Waals surface area contributed by atoms with Gasteiger partial charge in [-0.25, -0.2) is 9.48 Å². The number of nitrogens with zero attached hydrogens (tertiary/aromatic N) is 2. The Labute approximate surface area is 184 Å². The maximum atomic E-state index is 12.7. The van der Waals surface area contributed by atoms with Crippen molar-refractivity contribution in [1.29, 1.82) is 0 Å². The molecule has 7 nitrogen and oxygen atoms in total. The van der Waals surface area contributed by atoms with Gasteiger partial charge in [0.2, 0.25) is 0 Å². The Morgan fingerprint density at radius 1 is 0.969 bits per heavy atom. The largest absolute Gasteiger partial charge is 0.508 e. The molecule has 0 spiro atoms. The normalized spacial score (nSPS) is 10.5. The van der Waals surface area contributed by atoms with Crippen molar-refractivity contribution in [2.24, 2.45) is 0 Å². The average Bonchev–Trinajstić information content (AvgIpc) is 3.31. The molecule has 0 aliphatic heterocycles. The van der Waals surface area contributed by atoms with Crippen molar-refractivity contribution < 1.29 is 19.4 Å². The van der Waals surface area contributed by atoms with E-state index in [2.05, 4.69) is 10.4 Å². The Morgan fingerprint density at radius 2 is 1.66 bits per heavy atom. The van der Waals surface area contributed by atoms with Crippen LogP contribution in [0, 0.1) is 0 Å². The van der Waals surface area contributed by atoms with Crippen LogP contribution in [0.5, 0.6) is 5.75 Å². The molecule has 0 atom stereocenters. The molecule has 0 saturated carbocycles. The summed E-state index contributed by atoms with van der Waals surface area (Å²) < 4.78 is 6.51. The van der Waals surface area contributed by atoms with E-state index in [-0.39, 0.29) is 24.0 Å². The van der Waals surface area contributed by atoms with E-state index in [0.717, 1.165) is 11.1 Å². The lowest BCUT2D eigenvalue weighted by Gasteiger charge is -2.09. The molecule has 0 unspecified atom stereocenters. The predicted octanol–water partition coefficient (Wildman–Crippen LogP) is 4.67. The number of carbonyl (C=O) groups is 2. The van der Waals surface area contributed by atoms with Gasteiger partial charge < -0.3 is 15.2 Å². The molecule has 2 N–H and O–H groups in total. The van der Waals surface area contributed by atoms with Crippen molar-refractivity contribution in [3.8, 4) is 22.6 Å². The number of amides is 1. The number of rotatable bonds is 6. The van der Waals surface area contributed by atoms with Crippen LogP contribution in [-0.4, -0.2) is 33.4 Å². The minimum Gasteiger partial charge on any atom is -0.508 e. The molecule has 0 aliphatic carbocycles. The van der Waals surface area contributed by atoms with Crippen LogP contribution in [0.4, 0.5) is 5.69 Å². The number of hydrogen-bond acceptors (Lipinski definition) is 5. The van der Waals surface area contributed by atoms with Gasteiger partial charge in [-0.05, 0) is 66.6 Å². The van der Waals surface area contributed by atoms with E-state index in [4.69, 9.17) is 4.74 Å². The smallest absolute Gasteiger partial charge is 0.358 e. The van der Waals surface area contributed by atoms with Gasteiger partial charge in [0.25, 0.3) is 5.91 Å². The summed E-state index contributed by atoms with van der Waals surface area (Å²) in [6, 6.07) is 22.9. The van der Waals surface area contributed by atoms with Crippen molar-refractivity contribution in [2.45, 2.75) is 6.92 Å². The number of phenolic OH excluding ortho intramolecular Hbond substituents is 1. The Morgan fingerprint density at radius 3 is 2.34 bits per heavy atom. The molecule has 32 heavy (non-hydrogen) atoms. The maximum absolute atomic E-state index is 12.7. The second-order valence-corrected chi connectivity index (χ2v) is 6.99. The van der Waals surface area contributed by atoms with Crippen LogP contribution in [0.2, 0.25) is 0 Å². The molecule has 7 heteroatoms. The first-order chi connectivity index (χ1) is 15.5. The van der Waals surface area contributed by atoms with E-state index in [1.54, 1.807) is 66.3 Å². The van der Waals surface area contributed by atoms with Gasteiger partial charge in [-0.2, -0.15) is 5.10 Å². The highest BCUT2D eigenvalue weighted by atomic mass is 16.5. The van der Waals surface area contributed by atoms with Crippen LogP contribution in [0.25, 0.3) is 16.8 Å². The number of nitrogens with one attached hydrogen (secondary N) is 1. The van der Waals surface area contributed by atoms with E-state index in [1.165, 1.54) is 0 Å². The summed E-state index contributed by atoms with van der Waals surface area (Å²) in [6.07, 6.45) is 1.66. The summed E-state index contributed by atoms with van der Waals surface area (Å²) in [5.74, 6) is -0.516. The predicted molar refractivity (Wildman–Crippen MR) is 121 cm³/mol. The lowest BCUT2D eigenvalue weighted by molar-refractivity contribution is 0.0519. The number of benzene rings is 3. The number of aromatic hydroxyl groups is 1. The molecule has 3 aromatic carbocycles. The third kappa shape index (κ3) is 4.67. The molecule has 0 saturated heterocycles. The van der Waals surface area contributed by atoms with Crippen LogP contribution >= 0.6 is 0 Å². The molecule has 4 rings (SSSR count). The molecule has 1 heterocycles. The van der Waals surface area contributed by atoms with Crippen molar-refractivity contribution in [1.82, 2.24) is 9.78 Å². The summed E-state index contributed by atoms with van der Waals surface area (Å²) in [7, 11) is 0. The monoisotopic (exact) mass is 427 g/mol. The van der Waals surface area contributed by atoms with Crippen LogP contribution < -0.4 is 5.32 Å². The van der Waals surface area contributed by atoms with Gasteiger partial charge in [0.15, 0.2) is 5.69 Å². The number of hydrogen-bond donors (Lipinski definition) is 2. The van der Waals surface area contributed by atoms with Crippen molar-refractivity contribution in [3.05, 3.63) is 96.3 Å². The highest BCUT2D eigenvalue weighted by Crippen LogP contribution is 2.23. The molecule has 160 valence electrons. The summed E-state index contributed by atoms with van der Waals surface area (Å²) >= 11 is 0. The number of carbonyl (C=O) groups excluding carboxylic acids is 2. The van der Waals surface area contributed by atoms with Gasteiger partial charge in [0.05, 0.1) is 12.3 Å². The Kier molecular flexibility index (Phi) is 5.98. The van der Waals surface area contributed by atoms with Gasteiger partial charge in [0, 0.05) is 17.4 Å². The molecule has 4 aromatic rings. The molecule has 0 aliphatic rings. The second-order valence-electron chi connectivity index (χ2n) is 6.99. The van der Waals surface area contributed by atoms with Gasteiger partial charge in [-0.3, -0.25) is 4.79 Å². The lowest BCUT2D eigenvalue weighted by Crippen LogP contribution is -2.12. The van der Waals surface area contributed by atoms with Crippen LogP contribution in [0.3, 0.4) is 0 Å². The van der Waals surface area contributed by atoms with E-state index in [1.807, 2.05) is 30.3 Å². The zero-order chi connectivity index (χ0) is 22.5. The van der Waals surface area contributed by atoms with E-state index in [9.17, 15) is 14.7 Å². The number of anilines is 1. The SMILES string of the molecule is CCOC(=O)c1ccn(-c2cccc(NC(=O)c3ccc(-c4ccc(O)cc4)cc3)c2)n1. The standard InChI is InChI=1S/C25H21N3O4/c1-2-32-25(31)23-14-15-28(27-23)21-5-3-4-20(16-21)26-24(30)19-8-6-17(7-9-19)18-10-12-22(29)13-11-18/h3-16,29H,2H2,1H3,(H,26,30). The minimum atomic E-state index is -0.480. The molecule has 1 aromatic heterocycles. The first-order valence-electron chi connectivity index (χ1n) is 10.1. The van der Waals surface area contributed by atoms with Gasteiger partial charge in [0.1, 0.15) is 5.75 Å². The number of aromatic nitrogens is 2.